The molecular weight excluding hydrogens is 306 g/mol. The van der Waals surface area contributed by atoms with Crippen molar-refractivity contribution in [2.75, 3.05) is 13.2 Å². The molecule has 0 spiro atoms. The Kier molecular flexibility index (Phi) is 3.90. The van der Waals surface area contributed by atoms with E-state index in [0.29, 0.717) is 43.2 Å². The maximum absolute atomic E-state index is 12.5. The van der Waals surface area contributed by atoms with Gasteiger partial charge >= 0.3 is 0 Å². The van der Waals surface area contributed by atoms with E-state index in [0.717, 1.165) is 18.4 Å². The van der Waals surface area contributed by atoms with Crippen LogP contribution >= 0.6 is 0 Å². The minimum absolute atomic E-state index is 0.0153. The van der Waals surface area contributed by atoms with Crippen molar-refractivity contribution in [1.82, 2.24) is 14.9 Å². The number of rotatable bonds is 2. The molecular formula is C18H19N3O3. The molecule has 1 aromatic heterocycles. The number of nitrogens with one attached hydrogen (secondary N) is 1. The number of amides is 1. The number of fused-ring (bicyclic) bond motifs is 1. The first kappa shape index (κ1) is 15.1. The van der Waals surface area contributed by atoms with E-state index in [2.05, 4.69) is 9.97 Å². The molecule has 4 rings (SSSR count). The summed E-state index contributed by atoms with van der Waals surface area (Å²) in [5, 5.41) is 0. The Morgan fingerprint density at radius 1 is 1.29 bits per heavy atom. The van der Waals surface area contributed by atoms with Gasteiger partial charge in [-0.05, 0) is 19.3 Å². The second-order valence-corrected chi connectivity index (χ2v) is 6.22. The van der Waals surface area contributed by atoms with Crippen LogP contribution in [-0.4, -0.2) is 40.0 Å². The number of carbonyl (C=O) groups is 1. The number of hydrogen-bond acceptors (Lipinski definition) is 4. The van der Waals surface area contributed by atoms with Crippen molar-refractivity contribution in [3.05, 3.63) is 51.9 Å². The molecule has 6 heteroatoms. The fourth-order valence-corrected chi connectivity index (χ4v) is 3.34. The van der Waals surface area contributed by atoms with E-state index >= 15 is 0 Å². The lowest BCUT2D eigenvalue weighted by Gasteiger charge is -2.29. The van der Waals surface area contributed by atoms with Gasteiger partial charge in [0.2, 0.25) is 0 Å². The van der Waals surface area contributed by atoms with Gasteiger partial charge in [-0.1, -0.05) is 30.3 Å². The summed E-state index contributed by atoms with van der Waals surface area (Å²) in [4.78, 5) is 34.1. The molecule has 124 valence electrons. The molecule has 1 amide bonds. The van der Waals surface area contributed by atoms with Crippen LogP contribution in [0.4, 0.5) is 0 Å². The summed E-state index contributed by atoms with van der Waals surface area (Å²) in [5.74, 6) is 0.562. The van der Waals surface area contributed by atoms with Crippen molar-refractivity contribution in [2.24, 2.45) is 0 Å². The number of aromatic nitrogens is 2. The summed E-state index contributed by atoms with van der Waals surface area (Å²) < 4.78 is 5.49. The van der Waals surface area contributed by atoms with Crippen molar-refractivity contribution in [2.45, 2.75) is 31.9 Å². The third kappa shape index (κ3) is 2.73. The van der Waals surface area contributed by atoms with Crippen LogP contribution in [0.25, 0.3) is 11.4 Å². The molecule has 1 saturated heterocycles. The number of H-pyrrole nitrogens is 1. The summed E-state index contributed by atoms with van der Waals surface area (Å²) in [5.41, 5.74) is 2.13. The molecule has 0 aliphatic carbocycles. The molecule has 1 atom stereocenters. The molecule has 1 N–H and O–H groups in total. The summed E-state index contributed by atoms with van der Waals surface area (Å²) in [6.07, 6.45) is 1.91. The number of ether oxygens (including phenoxy) is 1. The number of nitrogens with zero attached hydrogens (tertiary/aromatic N) is 2. The highest BCUT2D eigenvalue weighted by Crippen LogP contribution is 2.21. The zero-order chi connectivity index (χ0) is 16.5. The largest absolute Gasteiger partial charge is 0.368 e. The highest BCUT2D eigenvalue weighted by molar-refractivity contribution is 5.81. The van der Waals surface area contributed by atoms with Gasteiger partial charge in [-0.3, -0.25) is 9.59 Å². The summed E-state index contributed by atoms with van der Waals surface area (Å²) in [6.45, 7) is 1.57. The molecule has 0 bridgehead atoms. The predicted octanol–water partition coefficient (Wildman–Crippen LogP) is 1.50. The van der Waals surface area contributed by atoms with Crippen molar-refractivity contribution < 1.29 is 9.53 Å². The van der Waals surface area contributed by atoms with Gasteiger partial charge in [-0.25, -0.2) is 4.98 Å². The zero-order valence-corrected chi connectivity index (χ0v) is 13.3. The Morgan fingerprint density at radius 2 is 2.12 bits per heavy atom. The van der Waals surface area contributed by atoms with Gasteiger partial charge in [0.1, 0.15) is 11.9 Å². The molecule has 24 heavy (non-hydrogen) atoms. The second kappa shape index (κ2) is 6.20. The Bertz CT molecular complexity index is 810. The molecule has 1 fully saturated rings. The maximum atomic E-state index is 12.5. The van der Waals surface area contributed by atoms with Crippen LogP contribution in [0.3, 0.4) is 0 Å². The predicted molar refractivity (Wildman–Crippen MR) is 88.4 cm³/mol. The average Bonchev–Trinajstić information content (AvgIpc) is 3.16. The van der Waals surface area contributed by atoms with E-state index in [1.165, 1.54) is 0 Å². The number of carbonyl (C=O) groups excluding carboxylic acids is 1. The maximum Gasteiger partial charge on any atom is 0.254 e. The second-order valence-electron chi connectivity index (χ2n) is 6.22. The van der Waals surface area contributed by atoms with Crippen molar-refractivity contribution in [3.8, 4) is 11.4 Å². The normalized spacial score (nSPS) is 20.0. The van der Waals surface area contributed by atoms with Crippen LogP contribution in [-0.2, 0) is 22.5 Å². The van der Waals surface area contributed by atoms with E-state index < -0.39 is 0 Å². The Labute approximate surface area is 139 Å². The summed E-state index contributed by atoms with van der Waals surface area (Å²) >= 11 is 0. The van der Waals surface area contributed by atoms with Gasteiger partial charge in [0.15, 0.2) is 0 Å². The van der Waals surface area contributed by atoms with Crippen LogP contribution in [0.2, 0.25) is 0 Å². The van der Waals surface area contributed by atoms with Gasteiger partial charge in [0.25, 0.3) is 11.5 Å². The van der Waals surface area contributed by atoms with E-state index in [1.54, 1.807) is 4.90 Å². The molecule has 2 aliphatic rings. The third-order valence-electron chi connectivity index (χ3n) is 4.64. The zero-order valence-electron chi connectivity index (χ0n) is 13.3. The van der Waals surface area contributed by atoms with Crippen LogP contribution in [0.15, 0.2) is 35.1 Å². The van der Waals surface area contributed by atoms with E-state index in [9.17, 15) is 9.59 Å². The van der Waals surface area contributed by atoms with E-state index in [-0.39, 0.29) is 17.6 Å². The van der Waals surface area contributed by atoms with Crippen LogP contribution < -0.4 is 5.56 Å². The average molecular weight is 325 g/mol. The van der Waals surface area contributed by atoms with Gasteiger partial charge < -0.3 is 14.6 Å². The van der Waals surface area contributed by atoms with Gasteiger partial charge in [0, 0.05) is 24.3 Å². The smallest absolute Gasteiger partial charge is 0.254 e. The van der Waals surface area contributed by atoms with Gasteiger partial charge in [-0.2, -0.15) is 0 Å². The first-order valence-electron chi connectivity index (χ1n) is 8.30. The first-order chi connectivity index (χ1) is 11.7. The standard InChI is InChI=1S/C18H19N3O3/c22-17-13-8-9-21(18(23)15-7-4-10-24-15)11-14(13)19-16(20-17)12-5-2-1-3-6-12/h1-3,5-6,15H,4,7-11H2,(H,19,20,22)/t15-/m0/s1. The van der Waals surface area contributed by atoms with Crippen LogP contribution in [0.5, 0.6) is 0 Å². The SMILES string of the molecule is O=C([C@@H]1CCCO1)N1CCc2c(nc(-c3ccccc3)[nH]c2=O)C1. The quantitative estimate of drug-likeness (QED) is 0.908. The topological polar surface area (TPSA) is 75.3 Å². The molecule has 1 aromatic carbocycles. The molecule has 6 nitrogen and oxygen atoms in total. The first-order valence-corrected chi connectivity index (χ1v) is 8.30. The molecule has 0 unspecified atom stereocenters. The minimum Gasteiger partial charge on any atom is -0.368 e. The molecule has 2 aliphatic heterocycles. The number of benzene rings is 1. The lowest BCUT2D eigenvalue weighted by Crippen LogP contribution is -2.43. The third-order valence-corrected chi connectivity index (χ3v) is 4.64. The molecule has 0 saturated carbocycles. The Balaban J connectivity index is 1.63. The lowest BCUT2D eigenvalue weighted by atomic mass is 10.0. The van der Waals surface area contributed by atoms with Crippen molar-refractivity contribution >= 4 is 5.91 Å². The van der Waals surface area contributed by atoms with E-state index in [4.69, 9.17) is 4.74 Å². The monoisotopic (exact) mass is 325 g/mol. The van der Waals surface area contributed by atoms with Crippen molar-refractivity contribution in [1.29, 1.82) is 0 Å². The summed E-state index contributed by atoms with van der Waals surface area (Å²) in [6, 6.07) is 9.54. The number of aromatic amines is 1. The minimum atomic E-state index is -0.331. The summed E-state index contributed by atoms with van der Waals surface area (Å²) in [7, 11) is 0. The van der Waals surface area contributed by atoms with Crippen molar-refractivity contribution in [3.63, 3.8) is 0 Å². The highest BCUT2D eigenvalue weighted by Gasteiger charge is 2.31. The fourth-order valence-electron chi connectivity index (χ4n) is 3.34. The number of hydrogen-bond donors (Lipinski definition) is 1. The van der Waals surface area contributed by atoms with E-state index in [1.807, 2.05) is 30.3 Å². The van der Waals surface area contributed by atoms with Crippen LogP contribution in [0.1, 0.15) is 24.1 Å². The van der Waals surface area contributed by atoms with Crippen LogP contribution in [0, 0.1) is 0 Å². The Morgan fingerprint density at radius 3 is 2.88 bits per heavy atom. The fraction of sp³-hybridized carbons (Fsp3) is 0.389. The van der Waals surface area contributed by atoms with Gasteiger partial charge in [0.05, 0.1) is 12.2 Å². The van der Waals surface area contributed by atoms with Gasteiger partial charge in [-0.15, -0.1) is 0 Å². The Hall–Kier alpha value is -2.47. The molecule has 2 aromatic rings. The lowest BCUT2D eigenvalue weighted by molar-refractivity contribution is -0.141. The highest BCUT2D eigenvalue weighted by atomic mass is 16.5. The molecule has 3 heterocycles. The molecule has 0 radical (unpaired) electrons.